The summed E-state index contributed by atoms with van der Waals surface area (Å²) in [5, 5.41) is 5.66. The Labute approximate surface area is 112 Å². The zero-order valence-corrected chi connectivity index (χ0v) is 11.1. The molecule has 0 spiro atoms. The minimum atomic E-state index is -0.219. The summed E-state index contributed by atoms with van der Waals surface area (Å²) >= 11 is 0. The van der Waals surface area contributed by atoms with Crippen molar-refractivity contribution < 1.29 is 4.79 Å². The number of amides is 2. The lowest BCUT2D eigenvalue weighted by atomic mass is 10.1. The molecule has 0 atom stereocenters. The van der Waals surface area contributed by atoms with Crippen LogP contribution >= 0.6 is 0 Å². The lowest BCUT2D eigenvalue weighted by Crippen LogP contribution is -2.29. The van der Waals surface area contributed by atoms with Gasteiger partial charge in [0.2, 0.25) is 0 Å². The Bertz CT molecular complexity index is 547. The molecule has 0 bridgehead atoms. The van der Waals surface area contributed by atoms with Crippen molar-refractivity contribution in [2.24, 2.45) is 0 Å². The molecule has 19 heavy (non-hydrogen) atoms. The molecule has 2 aromatic rings. The Morgan fingerprint density at radius 2 is 1.84 bits per heavy atom. The number of aromatic nitrogens is 1. The molecule has 2 amide bonds. The number of aryl methyl sites for hydroxylation is 2. The fraction of sp³-hybridized carbons (Fsp3) is 0.200. The van der Waals surface area contributed by atoms with Gasteiger partial charge < -0.3 is 10.6 Å². The van der Waals surface area contributed by atoms with Gasteiger partial charge in [0.05, 0.1) is 12.2 Å². The third-order valence-corrected chi connectivity index (χ3v) is 2.88. The maximum absolute atomic E-state index is 11.8. The maximum Gasteiger partial charge on any atom is 0.319 e. The highest BCUT2D eigenvalue weighted by Gasteiger charge is 2.06. The van der Waals surface area contributed by atoms with Crippen LogP contribution in [-0.4, -0.2) is 11.0 Å². The molecular weight excluding hydrogens is 238 g/mol. The Balaban J connectivity index is 1.95. The normalized spacial score (nSPS) is 10.0. The van der Waals surface area contributed by atoms with Crippen LogP contribution in [0.25, 0.3) is 0 Å². The van der Waals surface area contributed by atoms with Crippen LogP contribution < -0.4 is 10.6 Å². The van der Waals surface area contributed by atoms with Crippen LogP contribution in [0.1, 0.15) is 16.8 Å². The standard InChI is InChI=1S/C15H17N3O/c1-11-6-5-7-12(2)14(11)18-15(19)17-10-13-8-3-4-9-16-13/h3-9H,10H2,1-2H3,(H2,17,18,19). The van der Waals surface area contributed by atoms with Crippen LogP contribution in [0.3, 0.4) is 0 Å². The molecule has 0 saturated carbocycles. The Morgan fingerprint density at radius 1 is 1.11 bits per heavy atom. The number of anilines is 1. The van der Waals surface area contributed by atoms with Gasteiger partial charge >= 0.3 is 6.03 Å². The molecule has 0 aliphatic heterocycles. The first-order valence-electron chi connectivity index (χ1n) is 6.18. The monoisotopic (exact) mass is 255 g/mol. The van der Waals surface area contributed by atoms with Crippen LogP contribution in [-0.2, 0) is 6.54 Å². The van der Waals surface area contributed by atoms with Gasteiger partial charge in [-0.3, -0.25) is 4.98 Å². The Kier molecular flexibility index (Phi) is 4.13. The van der Waals surface area contributed by atoms with Crippen LogP contribution in [0.4, 0.5) is 10.5 Å². The highest BCUT2D eigenvalue weighted by atomic mass is 16.2. The molecule has 2 N–H and O–H groups in total. The molecule has 0 saturated heterocycles. The van der Waals surface area contributed by atoms with E-state index in [9.17, 15) is 4.79 Å². The number of carbonyl (C=O) groups is 1. The van der Waals surface area contributed by atoms with Crippen molar-refractivity contribution >= 4 is 11.7 Å². The van der Waals surface area contributed by atoms with E-state index in [0.29, 0.717) is 6.54 Å². The van der Waals surface area contributed by atoms with Crippen molar-refractivity contribution in [1.29, 1.82) is 0 Å². The summed E-state index contributed by atoms with van der Waals surface area (Å²) in [4.78, 5) is 16.0. The number of nitrogens with zero attached hydrogens (tertiary/aromatic N) is 1. The van der Waals surface area contributed by atoms with Crippen LogP contribution in [0.15, 0.2) is 42.6 Å². The van der Waals surface area contributed by atoms with Gasteiger partial charge in [0.1, 0.15) is 0 Å². The van der Waals surface area contributed by atoms with E-state index in [1.807, 2.05) is 50.2 Å². The molecule has 0 aliphatic rings. The SMILES string of the molecule is Cc1cccc(C)c1NC(=O)NCc1ccccn1. The van der Waals surface area contributed by atoms with E-state index in [0.717, 1.165) is 22.5 Å². The molecule has 0 radical (unpaired) electrons. The minimum Gasteiger partial charge on any atom is -0.332 e. The summed E-state index contributed by atoms with van der Waals surface area (Å²) in [6, 6.07) is 11.3. The smallest absolute Gasteiger partial charge is 0.319 e. The first-order chi connectivity index (χ1) is 9.16. The molecule has 1 aromatic heterocycles. The molecule has 1 heterocycles. The van der Waals surface area contributed by atoms with Crippen molar-refractivity contribution in [2.45, 2.75) is 20.4 Å². The van der Waals surface area contributed by atoms with Gasteiger partial charge in [-0.05, 0) is 37.1 Å². The number of carbonyl (C=O) groups excluding carboxylic acids is 1. The number of hydrogen-bond acceptors (Lipinski definition) is 2. The fourth-order valence-corrected chi connectivity index (χ4v) is 1.84. The molecule has 0 aliphatic carbocycles. The van der Waals surface area contributed by atoms with E-state index in [4.69, 9.17) is 0 Å². The second-order valence-corrected chi connectivity index (χ2v) is 4.40. The second kappa shape index (κ2) is 6.00. The predicted octanol–water partition coefficient (Wildman–Crippen LogP) is 3.02. The summed E-state index contributed by atoms with van der Waals surface area (Å²) in [6.45, 7) is 4.36. The van der Waals surface area contributed by atoms with Gasteiger partial charge in [-0.25, -0.2) is 4.79 Å². The lowest BCUT2D eigenvalue weighted by molar-refractivity contribution is 0.251. The topological polar surface area (TPSA) is 54.0 Å². The third-order valence-electron chi connectivity index (χ3n) is 2.88. The van der Waals surface area contributed by atoms with E-state index in [-0.39, 0.29) is 6.03 Å². The van der Waals surface area contributed by atoms with E-state index in [2.05, 4.69) is 15.6 Å². The second-order valence-electron chi connectivity index (χ2n) is 4.40. The van der Waals surface area contributed by atoms with E-state index in [1.165, 1.54) is 0 Å². The number of hydrogen-bond donors (Lipinski definition) is 2. The molecule has 98 valence electrons. The fourth-order valence-electron chi connectivity index (χ4n) is 1.84. The Morgan fingerprint density at radius 3 is 2.47 bits per heavy atom. The van der Waals surface area contributed by atoms with Crippen LogP contribution in [0.2, 0.25) is 0 Å². The summed E-state index contributed by atoms with van der Waals surface area (Å²) in [5.74, 6) is 0. The summed E-state index contributed by atoms with van der Waals surface area (Å²) in [5.41, 5.74) is 3.79. The number of para-hydroxylation sites is 1. The molecule has 2 rings (SSSR count). The van der Waals surface area contributed by atoms with E-state index < -0.39 is 0 Å². The summed E-state index contributed by atoms with van der Waals surface area (Å²) in [6.07, 6.45) is 1.71. The third kappa shape index (κ3) is 3.55. The van der Waals surface area contributed by atoms with Gasteiger partial charge in [-0.1, -0.05) is 24.3 Å². The quantitative estimate of drug-likeness (QED) is 0.885. The number of rotatable bonds is 3. The van der Waals surface area contributed by atoms with Crippen LogP contribution in [0.5, 0.6) is 0 Å². The average molecular weight is 255 g/mol. The minimum absolute atomic E-state index is 0.219. The summed E-state index contributed by atoms with van der Waals surface area (Å²) in [7, 11) is 0. The van der Waals surface area contributed by atoms with Crippen LogP contribution in [0, 0.1) is 13.8 Å². The average Bonchev–Trinajstić information content (AvgIpc) is 2.42. The van der Waals surface area contributed by atoms with Gasteiger partial charge in [-0.15, -0.1) is 0 Å². The summed E-state index contributed by atoms with van der Waals surface area (Å²) < 4.78 is 0. The molecule has 0 fully saturated rings. The largest absolute Gasteiger partial charge is 0.332 e. The van der Waals surface area contributed by atoms with Crippen molar-refractivity contribution in [3.8, 4) is 0 Å². The molecule has 0 unspecified atom stereocenters. The van der Waals surface area contributed by atoms with Crippen molar-refractivity contribution in [3.63, 3.8) is 0 Å². The first kappa shape index (κ1) is 13.1. The molecule has 4 heteroatoms. The predicted molar refractivity (Wildman–Crippen MR) is 76.0 cm³/mol. The molecule has 4 nitrogen and oxygen atoms in total. The lowest BCUT2D eigenvalue weighted by Gasteiger charge is -2.12. The molecular formula is C15H17N3O. The van der Waals surface area contributed by atoms with Crippen molar-refractivity contribution in [1.82, 2.24) is 10.3 Å². The number of pyridine rings is 1. The Hall–Kier alpha value is -2.36. The highest BCUT2D eigenvalue weighted by molar-refractivity contribution is 5.90. The highest BCUT2D eigenvalue weighted by Crippen LogP contribution is 2.18. The number of benzene rings is 1. The maximum atomic E-state index is 11.8. The zero-order valence-electron chi connectivity index (χ0n) is 11.1. The van der Waals surface area contributed by atoms with Gasteiger partial charge in [-0.2, -0.15) is 0 Å². The molecule has 1 aromatic carbocycles. The van der Waals surface area contributed by atoms with Gasteiger partial charge in [0.25, 0.3) is 0 Å². The first-order valence-corrected chi connectivity index (χ1v) is 6.18. The van der Waals surface area contributed by atoms with Gasteiger partial charge in [0, 0.05) is 11.9 Å². The number of urea groups is 1. The van der Waals surface area contributed by atoms with Crippen molar-refractivity contribution in [3.05, 3.63) is 59.4 Å². The van der Waals surface area contributed by atoms with Gasteiger partial charge in [0.15, 0.2) is 0 Å². The van der Waals surface area contributed by atoms with E-state index >= 15 is 0 Å². The zero-order chi connectivity index (χ0) is 13.7. The van der Waals surface area contributed by atoms with E-state index in [1.54, 1.807) is 6.20 Å². The van der Waals surface area contributed by atoms with Crippen molar-refractivity contribution in [2.75, 3.05) is 5.32 Å². The number of nitrogens with one attached hydrogen (secondary N) is 2.